The highest BCUT2D eigenvalue weighted by atomic mass is 16.6. The minimum Gasteiger partial charge on any atom is -0.465 e. The largest absolute Gasteiger partial charge is 0.465 e. The van der Waals surface area contributed by atoms with E-state index >= 15 is 0 Å². The van der Waals surface area contributed by atoms with Gasteiger partial charge in [-0.15, -0.1) is 5.10 Å². The number of ether oxygens (including phenoxy) is 2. The van der Waals surface area contributed by atoms with Crippen LogP contribution in [-0.2, 0) is 14.3 Å². The fourth-order valence-electron chi connectivity index (χ4n) is 2.32. The summed E-state index contributed by atoms with van der Waals surface area (Å²) in [4.78, 5) is 12.7. The van der Waals surface area contributed by atoms with Crippen molar-refractivity contribution in [3.05, 3.63) is 54.5 Å². The van der Waals surface area contributed by atoms with Crippen molar-refractivity contribution >= 4 is 17.7 Å². The molecule has 140 valence electrons. The molecule has 3 rings (SSSR count). The third-order valence-electron chi connectivity index (χ3n) is 3.53. The summed E-state index contributed by atoms with van der Waals surface area (Å²) in [5.41, 5.74) is 0.905. The molecule has 2 heterocycles. The number of rotatable bonds is 8. The molecular weight excluding hydrogens is 348 g/mol. The van der Waals surface area contributed by atoms with Crippen LogP contribution in [0.1, 0.15) is 19.6 Å². The third-order valence-corrected chi connectivity index (χ3v) is 3.53. The van der Waals surface area contributed by atoms with Crippen LogP contribution in [0, 0.1) is 0 Å². The van der Waals surface area contributed by atoms with E-state index in [0.29, 0.717) is 18.2 Å². The minimum absolute atomic E-state index is 0.0611. The number of aromatic nitrogens is 4. The predicted octanol–water partition coefficient (Wildman–Crippen LogP) is 2.90. The average molecular weight is 368 g/mol. The number of benzene rings is 1. The Labute approximate surface area is 156 Å². The number of esters is 1. The van der Waals surface area contributed by atoms with Crippen LogP contribution in [0.25, 0.3) is 23.2 Å². The maximum atomic E-state index is 12.7. The first-order chi connectivity index (χ1) is 13.1. The van der Waals surface area contributed by atoms with E-state index in [9.17, 15) is 4.79 Å². The van der Waals surface area contributed by atoms with Gasteiger partial charge in [0.1, 0.15) is 12.4 Å². The van der Waals surface area contributed by atoms with Crippen molar-refractivity contribution in [2.45, 2.75) is 20.0 Å². The van der Waals surface area contributed by atoms with Gasteiger partial charge >= 0.3 is 5.97 Å². The standard InChI is InChI=1S/C19H20N4O4/c1-14(2)25-11-12-27-19(24)17(13-16-9-6-10-26-16)23-18(20-21-22-23)15-7-4-3-5-8-15/h3-10,13-14H,11-12H2,1-2H3/b17-13-. The maximum Gasteiger partial charge on any atom is 0.357 e. The molecule has 2 aromatic heterocycles. The Morgan fingerprint density at radius 2 is 2.00 bits per heavy atom. The fourth-order valence-corrected chi connectivity index (χ4v) is 2.32. The van der Waals surface area contributed by atoms with Crippen LogP contribution < -0.4 is 0 Å². The molecule has 8 heteroatoms. The first-order valence-electron chi connectivity index (χ1n) is 8.53. The fraction of sp³-hybridized carbons (Fsp3) is 0.263. The molecule has 0 saturated carbocycles. The summed E-state index contributed by atoms with van der Waals surface area (Å²) in [6.07, 6.45) is 3.11. The Balaban J connectivity index is 1.88. The summed E-state index contributed by atoms with van der Waals surface area (Å²) in [7, 11) is 0. The average Bonchev–Trinajstić information content (AvgIpc) is 3.35. The number of furan rings is 1. The summed E-state index contributed by atoms with van der Waals surface area (Å²) >= 11 is 0. The van der Waals surface area contributed by atoms with Gasteiger partial charge in [0.05, 0.1) is 19.0 Å². The maximum absolute atomic E-state index is 12.7. The molecule has 0 aliphatic rings. The van der Waals surface area contributed by atoms with Gasteiger partial charge in [0.25, 0.3) is 0 Å². The number of carbonyl (C=O) groups excluding carboxylic acids is 1. The van der Waals surface area contributed by atoms with E-state index in [1.54, 1.807) is 12.1 Å². The molecule has 3 aromatic rings. The van der Waals surface area contributed by atoms with Crippen molar-refractivity contribution in [2.24, 2.45) is 0 Å². The summed E-state index contributed by atoms with van der Waals surface area (Å²) in [5.74, 6) is 0.321. The number of hydrogen-bond acceptors (Lipinski definition) is 7. The smallest absolute Gasteiger partial charge is 0.357 e. The van der Waals surface area contributed by atoms with Crippen molar-refractivity contribution in [1.29, 1.82) is 0 Å². The van der Waals surface area contributed by atoms with Crippen molar-refractivity contribution < 1.29 is 18.7 Å². The van der Waals surface area contributed by atoms with Crippen LogP contribution in [0.3, 0.4) is 0 Å². The van der Waals surface area contributed by atoms with Gasteiger partial charge in [0, 0.05) is 11.6 Å². The lowest BCUT2D eigenvalue weighted by Gasteiger charge is -2.11. The van der Waals surface area contributed by atoms with E-state index in [1.165, 1.54) is 17.0 Å². The molecule has 0 amide bonds. The second-order valence-electron chi connectivity index (χ2n) is 5.88. The molecule has 0 fully saturated rings. The molecule has 0 saturated heterocycles. The SMILES string of the molecule is CC(C)OCCOC(=O)/C(=C/c1ccco1)n1nnnc1-c1ccccc1. The molecule has 1 aromatic carbocycles. The zero-order chi connectivity index (χ0) is 19.1. The van der Waals surface area contributed by atoms with Gasteiger partial charge in [0.2, 0.25) is 0 Å². The normalized spacial score (nSPS) is 11.7. The van der Waals surface area contributed by atoms with Gasteiger partial charge < -0.3 is 13.9 Å². The lowest BCUT2D eigenvalue weighted by molar-refractivity contribution is -0.139. The molecule has 27 heavy (non-hydrogen) atoms. The molecule has 0 radical (unpaired) electrons. The summed E-state index contributed by atoms with van der Waals surface area (Å²) in [5, 5.41) is 11.7. The highest BCUT2D eigenvalue weighted by Crippen LogP contribution is 2.21. The van der Waals surface area contributed by atoms with Crippen molar-refractivity contribution in [1.82, 2.24) is 20.2 Å². The van der Waals surface area contributed by atoms with Gasteiger partial charge in [-0.25, -0.2) is 4.79 Å². The number of carbonyl (C=O) groups is 1. The summed E-state index contributed by atoms with van der Waals surface area (Å²) in [6.45, 7) is 4.25. The van der Waals surface area contributed by atoms with E-state index in [-0.39, 0.29) is 18.4 Å². The van der Waals surface area contributed by atoms with Gasteiger partial charge in [0.15, 0.2) is 11.5 Å². The Hall–Kier alpha value is -3.26. The van der Waals surface area contributed by atoms with Gasteiger partial charge in [-0.3, -0.25) is 0 Å². The predicted molar refractivity (Wildman–Crippen MR) is 98.2 cm³/mol. The lowest BCUT2D eigenvalue weighted by atomic mass is 10.2. The molecule has 0 unspecified atom stereocenters. The Kier molecular flexibility index (Phi) is 6.11. The van der Waals surface area contributed by atoms with Crippen LogP contribution in [0.4, 0.5) is 0 Å². The molecule has 0 N–H and O–H groups in total. The van der Waals surface area contributed by atoms with E-state index in [4.69, 9.17) is 13.9 Å². The number of nitrogens with zero attached hydrogens (tertiary/aromatic N) is 4. The summed E-state index contributed by atoms with van der Waals surface area (Å²) in [6, 6.07) is 12.8. The topological polar surface area (TPSA) is 92.3 Å². The van der Waals surface area contributed by atoms with Crippen LogP contribution >= 0.6 is 0 Å². The van der Waals surface area contributed by atoms with Crippen LogP contribution in [0.15, 0.2) is 53.1 Å². The van der Waals surface area contributed by atoms with Gasteiger partial charge in [-0.2, -0.15) is 4.68 Å². The second kappa shape index (κ2) is 8.91. The van der Waals surface area contributed by atoms with E-state index in [1.807, 2.05) is 44.2 Å². The van der Waals surface area contributed by atoms with Crippen LogP contribution in [0.5, 0.6) is 0 Å². The van der Waals surface area contributed by atoms with Crippen LogP contribution in [-0.4, -0.2) is 45.5 Å². The molecule has 0 bridgehead atoms. The Morgan fingerprint density at radius 1 is 1.19 bits per heavy atom. The third kappa shape index (κ3) is 4.89. The van der Waals surface area contributed by atoms with E-state index < -0.39 is 5.97 Å². The quantitative estimate of drug-likeness (QED) is 0.343. The van der Waals surface area contributed by atoms with Crippen LogP contribution in [0.2, 0.25) is 0 Å². The molecule has 0 atom stereocenters. The number of tetrazole rings is 1. The molecular formula is C19H20N4O4. The van der Waals surface area contributed by atoms with E-state index in [2.05, 4.69) is 15.5 Å². The molecule has 0 spiro atoms. The minimum atomic E-state index is -0.580. The first kappa shape index (κ1) is 18.5. The Bertz CT molecular complexity index is 886. The molecule has 0 aliphatic heterocycles. The molecule has 8 nitrogen and oxygen atoms in total. The lowest BCUT2D eigenvalue weighted by Crippen LogP contribution is -2.18. The number of hydrogen-bond donors (Lipinski definition) is 0. The van der Waals surface area contributed by atoms with E-state index in [0.717, 1.165) is 5.56 Å². The highest BCUT2D eigenvalue weighted by molar-refractivity contribution is 6.15. The second-order valence-corrected chi connectivity index (χ2v) is 5.88. The Morgan fingerprint density at radius 3 is 2.70 bits per heavy atom. The van der Waals surface area contributed by atoms with Gasteiger partial charge in [-0.1, -0.05) is 30.3 Å². The summed E-state index contributed by atoms with van der Waals surface area (Å²) < 4.78 is 17.4. The van der Waals surface area contributed by atoms with Crippen molar-refractivity contribution in [3.63, 3.8) is 0 Å². The zero-order valence-corrected chi connectivity index (χ0v) is 15.1. The zero-order valence-electron chi connectivity index (χ0n) is 15.1. The monoisotopic (exact) mass is 368 g/mol. The van der Waals surface area contributed by atoms with Crippen molar-refractivity contribution in [2.75, 3.05) is 13.2 Å². The van der Waals surface area contributed by atoms with Gasteiger partial charge in [-0.05, 0) is 36.4 Å². The first-order valence-corrected chi connectivity index (χ1v) is 8.53. The van der Waals surface area contributed by atoms with Crippen molar-refractivity contribution in [3.8, 4) is 11.4 Å². The highest BCUT2D eigenvalue weighted by Gasteiger charge is 2.21. The molecule has 0 aliphatic carbocycles.